The summed E-state index contributed by atoms with van der Waals surface area (Å²) in [5.41, 5.74) is 0.322. The van der Waals surface area contributed by atoms with Gasteiger partial charge in [-0.05, 0) is 32.9 Å². The van der Waals surface area contributed by atoms with Crippen LogP contribution in [0.3, 0.4) is 0 Å². The normalized spacial score (nSPS) is 17.9. The molecule has 3 rings (SSSR count). The van der Waals surface area contributed by atoms with Crippen LogP contribution in [0.15, 0.2) is 30.5 Å². The Morgan fingerprint density at radius 2 is 1.67 bits per heavy atom. The SMILES string of the molecule is CC(C)NC(O)[C@H](C)N1CCN(c2nncc(-c3ccc(C(F)(F)F)cc3)n2)CC1. The zero-order chi connectivity index (χ0) is 21.9. The van der Waals surface area contributed by atoms with E-state index in [0.717, 1.165) is 25.2 Å². The first-order valence-electron chi connectivity index (χ1n) is 9.95. The Bertz CT molecular complexity index is 822. The Hall–Kier alpha value is -2.30. The number of alkyl halides is 3. The maximum atomic E-state index is 12.8. The predicted octanol–water partition coefficient (Wildman–Crippen LogP) is 2.38. The fraction of sp³-hybridized carbons (Fsp3) is 0.550. The lowest BCUT2D eigenvalue weighted by Crippen LogP contribution is -2.56. The first kappa shape index (κ1) is 22.4. The molecular weight excluding hydrogens is 397 g/mol. The van der Waals surface area contributed by atoms with Gasteiger partial charge in [0.2, 0.25) is 5.95 Å². The number of piperazine rings is 1. The summed E-state index contributed by atoms with van der Waals surface area (Å²) in [4.78, 5) is 8.68. The third-order valence-corrected chi connectivity index (χ3v) is 5.19. The monoisotopic (exact) mass is 424 g/mol. The first-order valence-corrected chi connectivity index (χ1v) is 9.95. The van der Waals surface area contributed by atoms with Crippen LogP contribution in [0.4, 0.5) is 19.1 Å². The van der Waals surface area contributed by atoms with Gasteiger partial charge in [0.15, 0.2) is 0 Å². The number of rotatable bonds is 6. The Labute approximate surface area is 173 Å². The molecule has 0 saturated carbocycles. The maximum absolute atomic E-state index is 12.8. The van der Waals surface area contributed by atoms with Crippen molar-refractivity contribution < 1.29 is 18.3 Å². The zero-order valence-electron chi connectivity index (χ0n) is 17.3. The molecule has 0 aliphatic carbocycles. The van der Waals surface area contributed by atoms with Crippen molar-refractivity contribution in [3.05, 3.63) is 36.0 Å². The zero-order valence-corrected chi connectivity index (χ0v) is 17.3. The Balaban J connectivity index is 1.65. The van der Waals surface area contributed by atoms with Crippen LogP contribution in [0.2, 0.25) is 0 Å². The average molecular weight is 424 g/mol. The van der Waals surface area contributed by atoms with E-state index in [0.29, 0.717) is 30.3 Å². The van der Waals surface area contributed by atoms with Crippen molar-refractivity contribution in [1.29, 1.82) is 0 Å². The molecule has 30 heavy (non-hydrogen) atoms. The number of aromatic nitrogens is 3. The summed E-state index contributed by atoms with van der Waals surface area (Å²) >= 11 is 0. The number of halogens is 3. The molecule has 0 bridgehead atoms. The number of nitrogens with zero attached hydrogens (tertiary/aromatic N) is 5. The van der Waals surface area contributed by atoms with Crippen LogP contribution in [0, 0.1) is 0 Å². The van der Waals surface area contributed by atoms with Gasteiger partial charge in [-0.15, -0.1) is 5.10 Å². The number of nitrogens with one attached hydrogen (secondary N) is 1. The van der Waals surface area contributed by atoms with Crippen molar-refractivity contribution in [2.75, 3.05) is 31.1 Å². The summed E-state index contributed by atoms with van der Waals surface area (Å²) in [6.45, 7) is 8.74. The van der Waals surface area contributed by atoms with Crippen molar-refractivity contribution in [1.82, 2.24) is 25.4 Å². The fourth-order valence-corrected chi connectivity index (χ4v) is 3.41. The van der Waals surface area contributed by atoms with Gasteiger partial charge in [-0.1, -0.05) is 12.1 Å². The van der Waals surface area contributed by atoms with E-state index in [-0.39, 0.29) is 12.1 Å². The molecule has 164 valence electrons. The van der Waals surface area contributed by atoms with Crippen molar-refractivity contribution in [2.24, 2.45) is 0 Å². The van der Waals surface area contributed by atoms with Gasteiger partial charge >= 0.3 is 6.18 Å². The molecule has 7 nitrogen and oxygen atoms in total. The van der Waals surface area contributed by atoms with E-state index in [4.69, 9.17) is 0 Å². The second kappa shape index (κ2) is 9.23. The highest BCUT2D eigenvalue weighted by atomic mass is 19.4. The summed E-state index contributed by atoms with van der Waals surface area (Å²) in [7, 11) is 0. The topological polar surface area (TPSA) is 77.4 Å². The van der Waals surface area contributed by atoms with Crippen LogP contribution in [0.25, 0.3) is 11.3 Å². The number of hydrogen-bond donors (Lipinski definition) is 2. The second-order valence-electron chi connectivity index (χ2n) is 7.75. The molecule has 10 heteroatoms. The Kier molecular flexibility index (Phi) is 6.89. The molecular formula is C20H27F3N6O. The minimum Gasteiger partial charge on any atom is -0.377 e. The average Bonchev–Trinajstić information content (AvgIpc) is 2.72. The lowest BCUT2D eigenvalue weighted by atomic mass is 10.1. The maximum Gasteiger partial charge on any atom is 0.416 e. The summed E-state index contributed by atoms with van der Waals surface area (Å²) in [6.07, 6.45) is -3.54. The van der Waals surface area contributed by atoms with Crippen LogP contribution in [-0.4, -0.2) is 69.7 Å². The van der Waals surface area contributed by atoms with E-state index in [1.54, 1.807) is 0 Å². The summed E-state index contributed by atoms with van der Waals surface area (Å²) in [6, 6.07) is 5.00. The molecule has 1 unspecified atom stereocenters. The largest absolute Gasteiger partial charge is 0.416 e. The standard InChI is InChI=1S/C20H27F3N6O/c1-13(2)25-18(30)14(3)28-8-10-29(11-9-28)19-26-17(12-24-27-19)15-4-6-16(7-5-15)20(21,22)23/h4-7,12-14,18,25,30H,8-11H2,1-3H3/t14-,18?/m0/s1. The molecule has 1 fully saturated rings. The van der Waals surface area contributed by atoms with Gasteiger partial charge in [0.05, 0.1) is 17.5 Å². The van der Waals surface area contributed by atoms with Gasteiger partial charge in [0.1, 0.15) is 6.23 Å². The molecule has 0 amide bonds. The van der Waals surface area contributed by atoms with Gasteiger partial charge < -0.3 is 10.0 Å². The molecule has 2 N–H and O–H groups in total. The lowest BCUT2D eigenvalue weighted by Gasteiger charge is -2.39. The van der Waals surface area contributed by atoms with Gasteiger partial charge in [-0.25, -0.2) is 4.98 Å². The van der Waals surface area contributed by atoms with Gasteiger partial charge in [-0.3, -0.25) is 10.2 Å². The predicted molar refractivity (Wildman–Crippen MR) is 108 cm³/mol. The van der Waals surface area contributed by atoms with Crippen molar-refractivity contribution in [3.8, 4) is 11.3 Å². The molecule has 0 radical (unpaired) electrons. The molecule has 1 aliphatic rings. The minimum atomic E-state index is -4.37. The highest BCUT2D eigenvalue weighted by molar-refractivity contribution is 5.59. The molecule has 2 heterocycles. The minimum absolute atomic E-state index is 0.0351. The van der Waals surface area contributed by atoms with E-state index in [1.165, 1.54) is 18.3 Å². The highest BCUT2D eigenvalue weighted by Crippen LogP contribution is 2.30. The Morgan fingerprint density at radius 3 is 2.23 bits per heavy atom. The van der Waals surface area contributed by atoms with E-state index < -0.39 is 18.0 Å². The first-order chi connectivity index (χ1) is 14.1. The number of anilines is 1. The van der Waals surface area contributed by atoms with Crippen molar-refractivity contribution >= 4 is 5.95 Å². The van der Waals surface area contributed by atoms with Gasteiger partial charge in [0, 0.05) is 43.8 Å². The summed E-state index contributed by atoms with van der Waals surface area (Å²) in [5, 5.41) is 21.5. The third kappa shape index (κ3) is 5.44. The number of benzene rings is 1. The molecule has 2 aromatic rings. The van der Waals surface area contributed by atoms with Gasteiger partial charge in [-0.2, -0.15) is 18.3 Å². The molecule has 1 saturated heterocycles. The molecule has 1 aromatic heterocycles. The quantitative estimate of drug-likeness (QED) is 0.690. The fourth-order valence-electron chi connectivity index (χ4n) is 3.41. The van der Waals surface area contributed by atoms with E-state index in [9.17, 15) is 18.3 Å². The van der Waals surface area contributed by atoms with Crippen LogP contribution >= 0.6 is 0 Å². The number of hydrogen-bond acceptors (Lipinski definition) is 7. The highest BCUT2D eigenvalue weighted by Gasteiger charge is 2.30. The van der Waals surface area contributed by atoms with Crippen molar-refractivity contribution in [3.63, 3.8) is 0 Å². The lowest BCUT2D eigenvalue weighted by molar-refractivity contribution is -0.137. The van der Waals surface area contributed by atoms with E-state index >= 15 is 0 Å². The van der Waals surface area contributed by atoms with E-state index in [2.05, 4.69) is 25.4 Å². The van der Waals surface area contributed by atoms with Crippen LogP contribution < -0.4 is 10.2 Å². The van der Waals surface area contributed by atoms with Gasteiger partial charge in [0.25, 0.3) is 0 Å². The Morgan fingerprint density at radius 1 is 1.03 bits per heavy atom. The smallest absolute Gasteiger partial charge is 0.377 e. The van der Waals surface area contributed by atoms with Crippen LogP contribution in [-0.2, 0) is 6.18 Å². The van der Waals surface area contributed by atoms with Crippen molar-refractivity contribution in [2.45, 2.75) is 45.3 Å². The number of aliphatic hydroxyl groups excluding tert-OH is 1. The molecule has 1 aromatic carbocycles. The number of aliphatic hydroxyl groups is 1. The van der Waals surface area contributed by atoms with Crippen LogP contribution in [0.1, 0.15) is 26.3 Å². The summed E-state index contributed by atoms with van der Waals surface area (Å²) < 4.78 is 38.3. The molecule has 0 spiro atoms. The summed E-state index contributed by atoms with van der Waals surface area (Å²) in [5.74, 6) is 0.445. The second-order valence-corrected chi connectivity index (χ2v) is 7.75. The molecule has 2 atom stereocenters. The van der Waals surface area contributed by atoms with Crippen LogP contribution in [0.5, 0.6) is 0 Å². The van der Waals surface area contributed by atoms with E-state index in [1.807, 2.05) is 25.7 Å². The third-order valence-electron chi connectivity index (χ3n) is 5.19. The molecule has 1 aliphatic heterocycles.